The van der Waals surface area contributed by atoms with Gasteiger partial charge in [0.25, 0.3) is 11.5 Å². The van der Waals surface area contributed by atoms with Gasteiger partial charge in [-0.15, -0.1) is 0 Å². The van der Waals surface area contributed by atoms with Crippen molar-refractivity contribution in [1.29, 1.82) is 0 Å². The summed E-state index contributed by atoms with van der Waals surface area (Å²) in [5, 5.41) is 5.30. The van der Waals surface area contributed by atoms with Crippen molar-refractivity contribution in [2.45, 2.75) is 19.8 Å². The lowest BCUT2D eigenvalue weighted by Crippen LogP contribution is -2.43. The standard InChI is InChI=1S/C24H23BrCl2N4O4/c1-14(2)23-29-20-4-3-16(25)11-17(20)24(33)31(23)28-12-15-9-18(26)22(19(27)10-15)35-13-21(32)30-5-7-34-8-6-30/h3-4,9-12,14H,5-8,13H2,1-2H3. The maximum Gasteiger partial charge on any atom is 0.282 e. The molecule has 11 heteroatoms. The van der Waals surface area contributed by atoms with E-state index in [9.17, 15) is 9.59 Å². The molecule has 1 aromatic heterocycles. The van der Waals surface area contributed by atoms with E-state index >= 15 is 0 Å². The van der Waals surface area contributed by atoms with E-state index in [1.165, 1.54) is 10.9 Å². The molecule has 8 nitrogen and oxygen atoms in total. The van der Waals surface area contributed by atoms with Gasteiger partial charge in [-0.3, -0.25) is 9.59 Å². The van der Waals surface area contributed by atoms with Crippen molar-refractivity contribution in [1.82, 2.24) is 14.6 Å². The van der Waals surface area contributed by atoms with E-state index in [1.54, 1.807) is 29.2 Å². The smallest absolute Gasteiger partial charge is 0.282 e. The van der Waals surface area contributed by atoms with E-state index in [0.29, 0.717) is 48.6 Å². The summed E-state index contributed by atoms with van der Waals surface area (Å²) in [6, 6.07) is 8.57. The van der Waals surface area contributed by atoms with E-state index in [2.05, 4.69) is 26.0 Å². The van der Waals surface area contributed by atoms with Gasteiger partial charge >= 0.3 is 0 Å². The number of amides is 1. The van der Waals surface area contributed by atoms with E-state index < -0.39 is 0 Å². The first-order valence-corrected chi connectivity index (χ1v) is 12.5. The van der Waals surface area contributed by atoms with Crippen LogP contribution in [0.25, 0.3) is 10.9 Å². The van der Waals surface area contributed by atoms with Crippen LogP contribution in [-0.2, 0) is 9.53 Å². The van der Waals surface area contributed by atoms with Crippen molar-refractivity contribution in [2.24, 2.45) is 5.10 Å². The number of benzene rings is 2. The summed E-state index contributed by atoms with van der Waals surface area (Å²) in [5.74, 6) is 0.533. The van der Waals surface area contributed by atoms with Gasteiger partial charge in [0.1, 0.15) is 5.82 Å². The summed E-state index contributed by atoms with van der Waals surface area (Å²) < 4.78 is 12.9. The van der Waals surface area contributed by atoms with Gasteiger partial charge in [0.2, 0.25) is 0 Å². The molecule has 35 heavy (non-hydrogen) atoms. The van der Waals surface area contributed by atoms with Crippen molar-refractivity contribution in [2.75, 3.05) is 32.9 Å². The first-order valence-electron chi connectivity index (χ1n) is 11.0. The zero-order chi connectivity index (χ0) is 25.1. The second kappa shape index (κ2) is 11.1. The molecule has 1 amide bonds. The zero-order valence-electron chi connectivity index (χ0n) is 19.1. The molecule has 1 fully saturated rings. The van der Waals surface area contributed by atoms with Crippen molar-refractivity contribution >= 4 is 62.2 Å². The molecule has 0 bridgehead atoms. The highest BCUT2D eigenvalue weighted by atomic mass is 79.9. The minimum atomic E-state index is -0.282. The molecular formula is C24H23BrCl2N4O4. The number of aromatic nitrogens is 2. The van der Waals surface area contributed by atoms with Gasteiger partial charge < -0.3 is 14.4 Å². The monoisotopic (exact) mass is 580 g/mol. The third-order valence-corrected chi connectivity index (χ3v) is 6.45. The number of carbonyl (C=O) groups is 1. The largest absolute Gasteiger partial charge is 0.481 e. The third kappa shape index (κ3) is 5.86. The molecule has 1 aliphatic heterocycles. The number of morpholine rings is 1. The van der Waals surface area contributed by atoms with Gasteiger partial charge in [-0.1, -0.05) is 53.0 Å². The normalized spacial score (nSPS) is 14.3. The molecule has 4 rings (SSSR count). The molecule has 0 spiro atoms. The Hall–Kier alpha value is -2.46. The SMILES string of the molecule is CC(C)c1nc2ccc(Br)cc2c(=O)n1N=Cc1cc(Cl)c(OCC(=O)N2CCOCC2)c(Cl)c1. The van der Waals surface area contributed by atoms with Crippen LogP contribution in [0.1, 0.15) is 31.2 Å². The fourth-order valence-corrected chi connectivity index (χ4v) is 4.58. The summed E-state index contributed by atoms with van der Waals surface area (Å²) in [5.41, 5.74) is 0.880. The predicted molar refractivity (Wildman–Crippen MR) is 140 cm³/mol. The van der Waals surface area contributed by atoms with Crippen LogP contribution < -0.4 is 10.3 Å². The highest BCUT2D eigenvalue weighted by molar-refractivity contribution is 9.10. The van der Waals surface area contributed by atoms with Gasteiger partial charge in [0.15, 0.2) is 12.4 Å². The maximum absolute atomic E-state index is 13.2. The molecule has 3 aromatic rings. The molecule has 184 valence electrons. The molecule has 0 unspecified atom stereocenters. The first kappa shape index (κ1) is 25.6. The van der Waals surface area contributed by atoms with E-state index in [1.807, 2.05) is 19.9 Å². The lowest BCUT2D eigenvalue weighted by Gasteiger charge is -2.26. The second-order valence-electron chi connectivity index (χ2n) is 8.24. The molecule has 2 heterocycles. The van der Waals surface area contributed by atoms with Crippen LogP contribution in [0.2, 0.25) is 10.0 Å². The second-order valence-corrected chi connectivity index (χ2v) is 9.97. The summed E-state index contributed by atoms with van der Waals surface area (Å²) in [6.07, 6.45) is 1.49. The summed E-state index contributed by atoms with van der Waals surface area (Å²) >= 11 is 16.2. The summed E-state index contributed by atoms with van der Waals surface area (Å²) in [4.78, 5) is 31.8. The van der Waals surface area contributed by atoms with Crippen molar-refractivity contribution < 1.29 is 14.3 Å². The van der Waals surface area contributed by atoms with Gasteiger partial charge in [-0.2, -0.15) is 9.78 Å². The van der Waals surface area contributed by atoms with E-state index in [-0.39, 0.29) is 39.8 Å². The quantitative estimate of drug-likeness (QED) is 0.394. The number of ether oxygens (including phenoxy) is 2. The summed E-state index contributed by atoms with van der Waals surface area (Å²) in [7, 11) is 0. The van der Waals surface area contributed by atoms with Crippen LogP contribution in [0.3, 0.4) is 0 Å². The number of nitrogens with zero attached hydrogens (tertiary/aromatic N) is 4. The fourth-order valence-electron chi connectivity index (χ4n) is 3.61. The molecule has 1 saturated heterocycles. The predicted octanol–water partition coefficient (Wildman–Crippen LogP) is 4.71. The van der Waals surface area contributed by atoms with Crippen molar-refractivity contribution in [3.63, 3.8) is 0 Å². The minimum Gasteiger partial charge on any atom is -0.481 e. The highest BCUT2D eigenvalue weighted by Crippen LogP contribution is 2.34. The summed E-state index contributed by atoms with van der Waals surface area (Å²) in [6.45, 7) is 5.76. The van der Waals surface area contributed by atoms with Crippen LogP contribution >= 0.6 is 39.1 Å². The lowest BCUT2D eigenvalue weighted by atomic mass is 10.2. The zero-order valence-corrected chi connectivity index (χ0v) is 22.2. The van der Waals surface area contributed by atoms with Gasteiger partial charge in [-0.25, -0.2) is 4.98 Å². The van der Waals surface area contributed by atoms with E-state index in [0.717, 1.165) is 4.47 Å². The number of hydrogen-bond donors (Lipinski definition) is 0. The Balaban J connectivity index is 1.59. The Morgan fingerprint density at radius 1 is 1.23 bits per heavy atom. The highest BCUT2D eigenvalue weighted by Gasteiger charge is 2.19. The van der Waals surface area contributed by atoms with Crippen molar-refractivity contribution in [3.8, 4) is 5.75 Å². The first-order chi connectivity index (χ1) is 16.7. The minimum absolute atomic E-state index is 0.0418. The average molecular weight is 582 g/mol. The maximum atomic E-state index is 13.2. The fraction of sp³-hybridized carbons (Fsp3) is 0.333. The number of rotatable bonds is 6. The Labute approximate surface area is 220 Å². The van der Waals surface area contributed by atoms with E-state index in [4.69, 9.17) is 32.7 Å². The average Bonchev–Trinajstić information content (AvgIpc) is 2.83. The number of carbonyl (C=O) groups excluding carboxylic acids is 1. The molecule has 1 aliphatic rings. The molecule has 0 N–H and O–H groups in total. The van der Waals surface area contributed by atoms with Gasteiger partial charge in [-0.05, 0) is 35.9 Å². The molecule has 0 atom stereocenters. The Morgan fingerprint density at radius 3 is 2.57 bits per heavy atom. The topological polar surface area (TPSA) is 86.0 Å². The molecule has 0 saturated carbocycles. The van der Waals surface area contributed by atoms with Crippen LogP contribution in [-0.4, -0.2) is 59.6 Å². The molecule has 0 aliphatic carbocycles. The van der Waals surface area contributed by atoms with Crippen LogP contribution in [0.15, 0.2) is 44.7 Å². The molecule has 2 aromatic carbocycles. The molecular weight excluding hydrogens is 559 g/mol. The van der Waals surface area contributed by atoms with Crippen molar-refractivity contribution in [3.05, 3.63) is 66.6 Å². The van der Waals surface area contributed by atoms with Crippen LogP contribution in [0.5, 0.6) is 5.75 Å². The van der Waals surface area contributed by atoms with Crippen LogP contribution in [0.4, 0.5) is 0 Å². The Kier molecular flexibility index (Phi) is 8.11. The third-order valence-electron chi connectivity index (χ3n) is 5.40. The lowest BCUT2D eigenvalue weighted by molar-refractivity contribution is -0.137. The Morgan fingerprint density at radius 2 is 1.91 bits per heavy atom. The molecule has 0 radical (unpaired) electrons. The van der Waals surface area contributed by atoms with Gasteiger partial charge in [0, 0.05) is 23.5 Å². The number of fused-ring (bicyclic) bond motifs is 1. The Bertz CT molecular complexity index is 1330. The van der Waals surface area contributed by atoms with Crippen LogP contribution in [0, 0.1) is 0 Å². The van der Waals surface area contributed by atoms with Gasteiger partial charge in [0.05, 0.1) is 40.4 Å². The number of halogens is 3. The number of hydrogen-bond acceptors (Lipinski definition) is 6.